The lowest BCUT2D eigenvalue weighted by atomic mass is 10.0. The van der Waals surface area contributed by atoms with E-state index in [4.69, 9.17) is 0 Å². The third-order valence-corrected chi connectivity index (χ3v) is 7.04. The van der Waals surface area contributed by atoms with Crippen molar-refractivity contribution in [1.82, 2.24) is 0 Å². The molecule has 1 aromatic heterocycles. The molecule has 2 aromatic rings. The van der Waals surface area contributed by atoms with Crippen molar-refractivity contribution in [2.45, 2.75) is 24.7 Å². The van der Waals surface area contributed by atoms with Gasteiger partial charge in [-0.15, -0.1) is 11.3 Å². The van der Waals surface area contributed by atoms with Crippen molar-refractivity contribution in [1.29, 1.82) is 0 Å². The molecular weight excluding hydrogens is 492 g/mol. The number of alkyl halides is 4. The third-order valence-electron chi connectivity index (χ3n) is 4.62. The molecule has 1 N–H and O–H groups in total. The van der Waals surface area contributed by atoms with Gasteiger partial charge in [0.15, 0.2) is 0 Å². The molecule has 1 aromatic carbocycles. The second-order valence-corrected chi connectivity index (χ2v) is 8.83. The maximum absolute atomic E-state index is 14.4. The Morgan fingerprint density at radius 2 is 1.88 bits per heavy atom. The molecule has 0 bridgehead atoms. The Hall–Kier alpha value is -0.930. The van der Waals surface area contributed by atoms with Gasteiger partial charge in [0, 0.05) is 17.0 Å². The molecule has 2 atom stereocenters. The summed E-state index contributed by atoms with van der Waals surface area (Å²) in [5.74, 6) is -5.53. The van der Waals surface area contributed by atoms with Crippen LogP contribution in [0.3, 0.4) is 0 Å². The molecular formula is C16H8Br2F4O2S. The summed E-state index contributed by atoms with van der Waals surface area (Å²) in [6, 6.07) is 2.68. The number of thiophene rings is 1. The number of hydrogen-bond acceptors (Lipinski definition) is 3. The lowest BCUT2D eigenvalue weighted by Gasteiger charge is -2.13. The molecule has 2 aliphatic carbocycles. The number of fused-ring (bicyclic) bond motifs is 3. The summed E-state index contributed by atoms with van der Waals surface area (Å²) in [6.45, 7) is 0. The zero-order valence-electron chi connectivity index (χ0n) is 12.1. The van der Waals surface area contributed by atoms with E-state index in [0.29, 0.717) is 11.3 Å². The topological polar surface area (TPSA) is 37.3 Å². The van der Waals surface area contributed by atoms with Gasteiger partial charge >= 0.3 is 0 Å². The summed E-state index contributed by atoms with van der Waals surface area (Å²) >= 11 is 6.64. The lowest BCUT2D eigenvalue weighted by molar-refractivity contribution is -0.0252. The van der Waals surface area contributed by atoms with Crippen LogP contribution in [0.1, 0.15) is 50.0 Å². The third kappa shape index (κ3) is 2.42. The van der Waals surface area contributed by atoms with Crippen LogP contribution >= 0.6 is 43.2 Å². The molecule has 132 valence electrons. The van der Waals surface area contributed by atoms with Gasteiger partial charge < -0.3 is 5.11 Å². The second-order valence-electron chi connectivity index (χ2n) is 6.07. The van der Waals surface area contributed by atoms with E-state index < -0.39 is 40.4 Å². The fraction of sp³-hybridized carbons (Fsp3) is 0.312. The Kier molecular flexibility index (Phi) is 3.87. The van der Waals surface area contributed by atoms with Gasteiger partial charge in [-0.1, -0.05) is 0 Å². The minimum atomic E-state index is -3.31. The molecule has 2 aliphatic rings. The Labute approximate surface area is 160 Å². The van der Waals surface area contributed by atoms with Crippen molar-refractivity contribution in [3.63, 3.8) is 0 Å². The molecule has 4 rings (SSSR count). The molecule has 0 radical (unpaired) electrons. The van der Waals surface area contributed by atoms with E-state index in [0.717, 1.165) is 0 Å². The van der Waals surface area contributed by atoms with Crippen LogP contribution in [0.5, 0.6) is 5.75 Å². The average molecular weight is 500 g/mol. The van der Waals surface area contributed by atoms with Gasteiger partial charge in [0.25, 0.3) is 12.3 Å². The van der Waals surface area contributed by atoms with Crippen molar-refractivity contribution in [3.8, 4) is 5.75 Å². The summed E-state index contributed by atoms with van der Waals surface area (Å²) in [6.07, 6.45) is -2.84. The number of carbonyl (C=O) groups is 1. The standard InChI is InChI=1S/C16H8Br2F4O2S/c17-7-1-4(2-8(18)12(7)24)11(23)13-9-5-3-6(5)16(21,22)10(9)14(25-13)15(19)20/h1-2,5-6,15,24H,3H2/t5-,6+/m0/s1. The molecule has 1 fully saturated rings. The molecule has 9 heteroatoms. The Balaban J connectivity index is 1.88. The Morgan fingerprint density at radius 1 is 1.28 bits per heavy atom. The Bertz CT molecular complexity index is 902. The van der Waals surface area contributed by atoms with Gasteiger partial charge in [-0.05, 0) is 61.9 Å². The number of rotatable bonds is 3. The summed E-state index contributed by atoms with van der Waals surface area (Å²) in [5, 5.41) is 9.73. The first-order chi connectivity index (χ1) is 11.6. The van der Waals surface area contributed by atoms with Crippen LogP contribution in [0.2, 0.25) is 0 Å². The number of halogens is 6. The number of hydrogen-bond donors (Lipinski definition) is 1. The van der Waals surface area contributed by atoms with Crippen molar-refractivity contribution in [2.24, 2.45) is 5.92 Å². The minimum absolute atomic E-state index is 0.0561. The summed E-state index contributed by atoms with van der Waals surface area (Å²) < 4.78 is 55.8. The second kappa shape index (κ2) is 5.53. The predicted molar refractivity (Wildman–Crippen MR) is 91.0 cm³/mol. The molecule has 0 amide bonds. The van der Waals surface area contributed by atoms with Crippen LogP contribution in [-0.4, -0.2) is 10.9 Å². The average Bonchev–Trinajstić information content (AvgIpc) is 3.17. The highest BCUT2D eigenvalue weighted by molar-refractivity contribution is 9.11. The fourth-order valence-corrected chi connectivity index (χ4v) is 5.83. The van der Waals surface area contributed by atoms with Crippen LogP contribution in [0.4, 0.5) is 17.6 Å². The van der Waals surface area contributed by atoms with E-state index in [2.05, 4.69) is 31.9 Å². The van der Waals surface area contributed by atoms with Gasteiger partial charge in [0.1, 0.15) is 5.75 Å². The van der Waals surface area contributed by atoms with Gasteiger partial charge in [-0.3, -0.25) is 4.79 Å². The van der Waals surface area contributed by atoms with Gasteiger partial charge in [0.2, 0.25) is 5.78 Å². The first-order valence-corrected chi connectivity index (χ1v) is 9.60. The number of phenolic OH excluding ortho intramolecular Hbond substituents is 1. The van der Waals surface area contributed by atoms with Crippen LogP contribution in [0.25, 0.3) is 0 Å². The summed E-state index contributed by atoms with van der Waals surface area (Å²) in [4.78, 5) is 12.1. The van der Waals surface area contributed by atoms with E-state index in [1.807, 2.05) is 0 Å². The monoisotopic (exact) mass is 498 g/mol. The quantitative estimate of drug-likeness (QED) is 0.394. The molecule has 0 spiro atoms. The van der Waals surface area contributed by atoms with Crippen molar-refractivity contribution in [2.75, 3.05) is 0 Å². The van der Waals surface area contributed by atoms with Crippen LogP contribution < -0.4 is 0 Å². The predicted octanol–water partition coefficient (Wildman–Crippen LogP) is 6.36. The van der Waals surface area contributed by atoms with E-state index in [-0.39, 0.29) is 37.1 Å². The van der Waals surface area contributed by atoms with E-state index in [1.165, 1.54) is 12.1 Å². The molecule has 0 unspecified atom stereocenters. The first-order valence-electron chi connectivity index (χ1n) is 7.20. The molecule has 2 nitrogen and oxygen atoms in total. The van der Waals surface area contributed by atoms with Crippen molar-refractivity contribution in [3.05, 3.63) is 47.5 Å². The number of benzene rings is 1. The highest BCUT2D eigenvalue weighted by Gasteiger charge is 2.66. The maximum atomic E-state index is 14.4. The van der Waals surface area contributed by atoms with Gasteiger partial charge in [-0.25, -0.2) is 17.6 Å². The number of phenols is 1. The van der Waals surface area contributed by atoms with Gasteiger partial charge in [0.05, 0.1) is 18.7 Å². The Morgan fingerprint density at radius 3 is 2.44 bits per heavy atom. The van der Waals surface area contributed by atoms with Gasteiger partial charge in [-0.2, -0.15) is 0 Å². The maximum Gasteiger partial charge on any atom is 0.278 e. The highest BCUT2D eigenvalue weighted by Crippen LogP contribution is 2.70. The number of ketones is 1. The summed E-state index contributed by atoms with van der Waals surface area (Å²) in [7, 11) is 0. The zero-order valence-corrected chi connectivity index (χ0v) is 16.1. The lowest BCUT2D eigenvalue weighted by Crippen LogP contribution is -2.14. The summed E-state index contributed by atoms with van der Waals surface area (Å²) in [5.41, 5.74) is -0.441. The largest absolute Gasteiger partial charge is 0.506 e. The number of aromatic hydroxyl groups is 1. The van der Waals surface area contributed by atoms with Crippen molar-refractivity contribution < 1.29 is 27.5 Å². The molecule has 25 heavy (non-hydrogen) atoms. The minimum Gasteiger partial charge on any atom is -0.506 e. The number of carbonyl (C=O) groups excluding carboxylic acids is 1. The van der Waals surface area contributed by atoms with Crippen molar-refractivity contribution >= 4 is 49.0 Å². The van der Waals surface area contributed by atoms with E-state index in [9.17, 15) is 27.5 Å². The van der Waals surface area contributed by atoms with E-state index in [1.54, 1.807) is 0 Å². The highest BCUT2D eigenvalue weighted by atomic mass is 79.9. The van der Waals surface area contributed by atoms with E-state index >= 15 is 0 Å². The molecule has 1 saturated carbocycles. The molecule has 0 saturated heterocycles. The van der Waals surface area contributed by atoms with Crippen LogP contribution in [0, 0.1) is 5.92 Å². The zero-order chi connectivity index (χ0) is 18.3. The normalized spacial score (nSPS) is 22.8. The SMILES string of the molecule is O=C(c1cc(Br)c(O)c(Br)c1)c1sc(C(F)F)c2c1[C@H]1C[C@H]1C2(F)F. The first kappa shape index (κ1) is 17.5. The van der Waals surface area contributed by atoms with Crippen LogP contribution in [0.15, 0.2) is 21.1 Å². The smallest absolute Gasteiger partial charge is 0.278 e. The fourth-order valence-electron chi connectivity index (χ4n) is 3.41. The van der Waals surface area contributed by atoms with Crippen LogP contribution in [-0.2, 0) is 5.92 Å². The molecule has 0 aliphatic heterocycles. The molecule has 1 heterocycles.